The highest BCUT2D eigenvalue weighted by Crippen LogP contribution is 2.42. The zero-order valence-corrected chi connectivity index (χ0v) is 14.7. The van der Waals surface area contributed by atoms with E-state index in [1.54, 1.807) is 12.1 Å². The van der Waals surface area contributed by atoms with Crippen LogP contribution >= 0.6 is 0 Å². The van der Waals surface area contributed by atoms with Crippen molar-refractivity contribution < 1.29 is 31.1 Å². The van der Waals surface area contributed by atoms with Gasteiger partial charge < -0.3 is 10.2 Å². The normalized spacial score (nSPS) is 15.2. The molecule has 1 aliphatic heterocycles. The Bertz CT molecular complexity index is 904. The first-order valence-electron chi connectivity index (χ1n) is 8.36. The second-order valence-corrected chi connectivity index (χ2v) is 6.65. The van der Waals surface area contributed by atoms with Gasteiger partial charge in [0.05, 0.1) is 16.7 Å². The van der Waals surface area contributed by atoms with Gasteiger partial charge in [-0.2, -0.15) is 26.3 Å². The molecule has 1 heterocycles. The van der Waals surface area contributed by atoms with Crippen LogP contribution in [0.5, 0.6) is 0 Å². The highest BCUT2D eigenvalue weighted by molar-refractivity contribution is 6.05. The standard InChI is InChI=1S/C19H16F6N2O/c1-27-8-7-11-5-6-13(9-12(11)10-27)26-17(28)14-3-2-4-15(18(20,21)22)16(14)19(23,24)25/h2-6,9H,7-8,10H2,1H3,(H,26,28). The van der Waals surface area contributed by atoms with Gasteiger partial charge in [-0.15, -0.1) is 0 Å². The smallest absolute Gasteiger partial charge is 0.322 e. The fraction of sp³-hybridized carbons (Fsp3) is 0.316. The van der Waals surface area contributed by atoms with Crippen LogP contribution in [0.1, 0.15) is 32.6 Å². The quantitative estimate of drug-likeness (QED) is 0.720. The molecule has 3 rings (SSSR count). The van der Waals surface area contributed by atoms with E-state index >= 15 is 0 Å². The maximum atomic E-state index is 13.3. The van der Waals surface area contributed by atoms with Gasteiger partial charge in [0.2, 0.25) is 0 Å². The predicted octanol–water partition coefficient (Wildman–Crippen LogP) is 4.96. The zero-order valence-electron chi connectivity index (χ0n) is 14.7. The number of anilines is 1. The van der Waals surface area contributed by atoms with Crippen molar-refractivity contribution in [1.82, 2.24) is 4.90 Å². The van der Waals surface area contributed by atoms with E-state index in [1.807, 2.05) is 11.9 Å². The Morgan fingerprint density at radius 2 is 1.71 bits per heavy atom. The van der Waals surface area contributed by atoms with E-state index in [2.05, 4.69) is 5.32 Å². The molecule has 28 heavy (non-hydrogen) atoms. The zero-order chi connectivity index (χ0) is 20.7. The number of amides is 1. The Balaban J connectivity index is 1.97. The molecule has 1 aliphatic rings. The molecule has 0 spiro atoms. The molecule has 2 aromatic rings. The molecule has 2 aromatic carbocycles. The minimum absolute atomic E-state index is 0.226. The highest BCUT2D eigenvalue weighted by Gasteiger charge is 2.45. The number of alkyl halides is 6. The fourth-order valence-corrected chi connectivity index (χ4v) is 3.26. The summed E-state index contributed by atoms with van der Waals surface area (Å²) in [4.78, 5) is 14.4. The largest absolute Gasteiger partial charge is 0.417 e. The summed E-state index contributed by atoms with van der Waals surface area (Å²) < 4.78 is 79.1. The molecule has 0 unspecified atom stereocenters. The van der Waals surface area contributed by atoms with Crippen LogP contribution in [-0.2, 0) is 25.3 Å². The van der Waals surface area contributed by atoms with Gasteiger partial charge in [-0.3, -0.25) is 4.79 Å². The van der Waals surface area contributed by atoms with Crippen molar-refractivity contribution >= 4 is 11.6 Å². The molecule has 1 N–H and O–H groups in total. The van der Waals surface area contributed by atoms with Gasteiger partial charge in [-0.25, -0.2) is 0 Å². The molecule has 0 aliphatic carbocycles. The van der Waals surface area contributed by atoms with Gasteiger partial charge in [0.15, 0.2) is 0 Å². The summed E-state index contributed by atoms with van der Waals surface area (Å²) in [6, 6.07) is 6.75. The summed E-state index contributed by atoms with van der Waals surface area (Å²) in [7, 11) is 1.91. The third kappa shape index (κ3) is 4.14. The lowest BCUT2D eigenvalue weighted by Gasteiger charge is -2.25. The number of fused-ring (bicyclic) bond motifs is 1. The van der Waals surface area contributed by atoms with Crippen molar-refractivity contribution in [3.63, 3.8) is 0 Å². The second-order valence-electron chi connectivity index (χ2n) is 6.65. The minimum atomic E-state index is -5.34. The monoisotopic (exact) mass is 402 g/mol. The molecule has 1 amide bonds. The molecule has 0 saturated heterocycles. The Morgan fingerprint density at radius 1 is 1.00 bits per heavy atom. The van der Waals surface area contributed by atoms with Crippen LogP contribution in [0.4, 0.5) is 32.0 Å². The number of nitrogens with one attached hydrogen (secondary N) is 1. The summed E-state index contributed by atoms with van der Waals surface area (Å²) in [6.07, 6.45) is -9.78. The third-order valence-corrected chi connectivity index (χ3v) is 4.57. The lowest BCUT2D eigenvalue weighted by Crippen LogP contribution is -2.27. The molecule has 9 heteroatoms. The highest BCUT2D eigenvalue weighted by atomic mass is 19.4. The average molecular weight is 402 g/mol. The van der Waals surface area contributed by atoms with Crippen molar-refractivity contribution in [2.45, 2.75) is 25.3 Å². The number of hydrogen-bond acceptors (Lipinski definition) is 2. The summed E-state index contributed by atoms with van der Waals surface area (Å²) in [6.45, 7) is 1.47. The number of benzene rings is 2. The summed E-state index contributed by atoms with van der Waals surface area (Å²) in [5.41, 5.74) is -2.75. The number of carbonyl (C=O) groups is 1. The van der Waals surface area contributed by atoms with E-state index < -0.39 is 35.0 Å². The number of hydrogen-bond donors (Lipinski definition) is 1. The van der Waals surface area contributed by atoms with E-state index in [0.29, 0.717) is 12.6 Å². The Morgan fingerprint density at radius 3 is 2.36 bits per heavy atom. The van der Waals surface area contributed by atoms with Crippen LogP contribution in [-0.4, -0.2) is 24.4 Å². The first kappa shape index (κ1) is 20.2. The van der Waals surface area contributed by atoms with Gasteiger partial charge in [-0.05, 0) is 48.9 Å². The number of rotatable bonds is 2. The van der Waals surface area contributed by atoms with Crippen molar-refractivity contribution in [1.29, 1.82) is 0 Å². The number of nitrogens with zero attached hydrogens (tertiary/aromatic N) is 1. The molecule has 3 nitrogen and oxygen atoms in total. The molecule has 0 fully saturated rings. The van der Waals surface area contributed by atoms with Gasteiger partial charge in [-0.1, -0.05) is 12.1 Å². The SMILES string of the molecule is CN1CCc2ccc(NC(=O)c3cccc(C(F)(F)F)c3C(F)(F)F)cc2C1. The Hall–Kier alpha value is -2.55. The number of halogens is 6. The van der Waals surface area contributed by atoms with E-state index in [-0.39, 0.29) is 5.69 Å². The van der Waals surface area contributed by atoms with Gasteiger partial charge >= 0.3 is 12.4 Å². The van der Waals surface area contributed by atoms with Crippen LogP contribution < -0.4 is 5.32 Å². The third-order valence-electron chi connectivity index (χ3n) is 4.57. The maximum absolute atomic E-state index is 13.3. The summed E-state index contributed by atoms with van der Waals surface area (Å²) in [5.74, 6) is -1.25. The molecule has 0 aromatic heterocycles. The number of likely N-dealkylation sites (N-methyl/N-ethyl adjacent to an activating group) is 1. The molecule has 0 bridgehead atoms. The second kappa shape index (κ2) is 7.12. The fourth-order valence-electron chi connectivity index (χ4n) is 3.26. The van der Waals surface area contributed by atoms with E-state index in [0.717, 1.165) is 36.2 Å². The van der Waals surface area contributed by atoms with Crippen LogP contribution in [0.2, 0.25) is 0 Å². The van der Waals surface area contributed by atoms with Crippen LogP contribution in [0.15, 0.2) is 36.4 Å². The van der Waals surface area contributed by atoms with E-state index in [4.69, 9.17) is 0 Å². The van der Waals surface area contributed by atoms with Gasteiger partial charge in [0, 0.05) is 18.8 Å². The Kier molecular flexibility index (Phi) is 5.14. The van der Waals surface area contributed by atoms with Gasteiger partial charge in [0.1, 0.15) is 0 Å². The van der Waals surface area contributed by atoms with Crippen molar-refractivity contribution in [3.8, 4) is 0 Å². The lowest BCUT2D eigenvalue weighted by molar-refractivity contribution is -0.162. The van der Waals surface area contributed by atoms with Crippen molar-refractivity contribution in [2.24, 2.45) is 0 Å². The summed E-state index contributed by atoms with van der Waals surface area (Å²) in [5, 5.41) is 2.29. The molecule has 0 saturated carbocycles. The van der Waals surface area contributed by atoms with Crippen molar-refractivity contribution in [2.75, 3.05) is 18.9 Å². The lowest BCUT2D eigenvalue weighted by atomic mass is 9.98. The van der Waals surface area contributed by atoms with Crippen LogP contribution in [0.3, 0.4) is 0 Å². The van der Waals surface area contributed by atoms with Crippen molar-refractivity contribution in [3.05, 3.63) is 64.2 Å². The van der Waals surface area contributed by atoms with Gasteiger partial charge in [0.25, 0.3) is 5.91 Å². The first-order chi connectivity index (χ1) is 13.0. The topological polar surface area (TPSA) is 32.3 Å². The molecule has 0 radical (unpaired) electrons. The Labute approximate surface area is 157 Å². The maximum Gasteiger partial charge on any atom is 0.417 e. The molecular formula is C19H16F6N2O. The van der Waals surface area contributed by atoms with E-state index in [1.165, 1.54) is 6.07 Å². The minimum Gasteiger partial charge on any atom is -0.322 e. The number of carbonyl (C=O) groups excluding carboxylic acids is 1. The van der Waals surface area contributed by atoms with Crippen LogP contribution in [0, 0.1) is 0 Å². The average Bonchev–Trinajstić information content (AvgIpc) is 2.59. The van der Waals surface area contributed by atoms with E-state index in [9.17, 15) is 31.1 Å². The molecular weight excluding hydrogens is 386 g/mol. The molecule has 0 atom stereocenters. The van der Waals surface area contributed by atoms with Crippen LogP contribution in [0.25, 0.3) is 0 Å². The predicted molar refractivity (Wildman–Crippen MR) is 90.9 cm³/mol. The first-order valence-corrected chi connectivity index (χ1v) is 8.36. The molecule has 150 valence electrons. The summed E-state index contributed by atoms with van der Waals surface area (Å²) >= 11 is 0.